The third-order valence-electron chi connectivity index (χ3n) is 2.90. The average Bonchev–Trinajstić information content (AvgIpc) is 2.66. The number of thiophene rings is 1. The molecule has 5 heteroatoms. The van der Waals surface area contributed by atoms with E-state index in [1.54, 1.807) is 12.4 Å². The zero-order valence-corrected chi connectivity index (χ0v) is 12.3. The molecule has 0 atom stereocenters. The Hall–Kier alpha value is -1.62. The van der Waals surface area contributed by atoms with Crippen LogP contribution in [-0.2, 0) is 0 Å². The number of fused-ring (bicyclic) bond motifs is 1. The molecular formula is C14H19N3OS. The van der Waals surface area contributed by atoms with Crippen LogP contribution in [0.3, 0.4) is 0 Å². The summed E-state index contributed by atoms with van der Waals surface area (Å²) in [6.45, 7) is 7.12. The highest BCUT2D eigenvalue weighted by atomic mass is 32.1. The number of pyridine rings is 1. The molecule has 0 aliphatic heterocycles. The van der Waals surface area contributed by atoms with Crippen molar-refractivity contribution in [3.8, 4) is 0 Å². The molecule has 0 spiro atoms. The van der Waals surface area contributed by atoms with Crippen LogP contribution in [0.4, 0.5) is 5.69 Å². The summed E-state index contributed by atoms with van der Waals surface area (Å²) in [6, 6.07) is 1.84. The molecule has 102 valence electrons. The Morgan fingerprint density at radius 3 is 2.84 bits per heavy atom. The topological polar surface area (TPSA) is 68.0 Å². The van der Waals surface area contributed by atoms with Crippen molar-refractivity contribution in [2.75, 3.05) is 12.3 Å². The lowest BCUT2D eigenvalue weighted by Crippen LogP contribution is -2.27. The lowest BCUT2D eigenvalue weighted by molar-refractivity contribution is 0.0954. The maximum atomic E-state index is 12.1. The van der Waals surface area contributed by atoms with E-state index >= 15 is 0 Å². The quantitative estimate of drug-likeness (QED) is 0.906. The first kappa shape index (κ1) is 13.8. The Morgan fingerprint density at radius 1 is 1.47 bits per heavy atom. The molecule has 2 aromatic heterocycles. The fourth-order valence-corrected chi connectivity index (χ4v) is 2.78. The van der Waals surface area contributed by atoms with E-state index in [4.69, 9.17) is 5.73 Å². The van der Waals surface area contributed by atoms with Gasteiger partial charge in [0.05, 0.1) is 10.4 Å². The van der Waals surface area contributed by atoms with Crippen LogP contribution in [0.1, 0.15) is 36.9 Å². The number of nitrogen functional groups attached to an aromatic ring is 1. The number of nitrogens with zero attached hydrogens (tertiary/aromatic N) is 1. The van der Waals surface area contributed by atoms with E-state index < -0.39 is 0 Å². The maximum absolute atomic E-state index is 12.1. The molecule has 0 bridgehead atoms. The summed E-state index contributed by atoms with van der Waals surface area (Å²) in [4.78, 5) is 16.7. The van der Waals surface area contributed by atoms with Crippen molar-refractivity contribution in [2.45, 2.75) is 27.2 Å². The number of hydrogen-bond acceptors (Lipinski definition) is 4. The second-order valence-electron chi connectivity index (χ2n) is 5.78. The monoisotopic (exact) mass is 277 g/mol. The molecule has 3 N–H and O–H groups in total. The number of nitrogens with two attached hydrogens (primary N) is 1. The molecule has 2 heterocycles. The first-order chi connectivity index (χ1) is 8.88. The number of rotatable bonds is 3. The van der Waals surface area contributed by atoms with Gasteiger partial charge in [-0.3, -0.25) is 9.78 Å². The predicted octanol–water partition coefficient (Wildman–Crippen LogP) is 3.04. The molecule has 0 saturated carbocycles. The van der Waals surface area contributed by atoms with E-state index in [1.165, 1.54) is 11.3 Å². The van der Waals surface area contributed by atoms with Gasteiger partial charge in [-0.05, 0) is 17.9 Å². The molecule has 0 saturated heterocycles. The lowest BCUT2D eigenvalue weighted by atomic mass is 9.92. The highest BCUT2D eigenvalue weighted by molar-refractivity contribution is 7.21. The van der Waals surface area contributed by atoms with Crippen LogP contribution in [0, 0.1) is 5.41 Å². The van der Waals surface area contributed by atoms with E-state index in [1.807, 2.05) is 6.07 Å². The van der Waals surface area contributed by atoms with Crippen molar-refractivity contribution >= 4 is 33.0 Å². The highest BCUT2D eigenvalue weighted by Gasteiger charge is 2.17. The molecule has 0 aliphatic carbocycles. The maximum Gasteiger partial charge on any atom is 0.263 e. The van der Waals surface area contributed by atoms with Gasteiger partial charge in [0.25, 0.3) is 5.91 Å². The van der Waals surface area contributed by atoms with Crippen LogP contribution in [0.25, 0.3) is 10.1 Å². The van der Waals surface area contributed by atoms with E-state index in [2.05, 4.69) is 31.1 Å². The van der Waals surface area contributed by atoms with Crippen molar-refractivity contribution in [1.29, 1.82) is 0 Å². The minimum Gasteiger partial charge on any atom is -0.397 e. The number of aromatic nitrogens is 1. The van der Waals surface area contributed by atoms with Crippen LogP contribution in [0.2, 0.25) is 0 Å². The summed E-state index contributed by atoms with van der Waals surface area (Å²) in [7, 11) is 0. The molecule has 1 amide bonds. The third-order valence-corrected chi connectivity index (χ3v) is 4.05. The van der Waals surface area contributed by atoms with Crippen LogP contribution in [0.15, 0.2) is 18.5 Å². The molecule has 0 aromatic carbocycles. The minimum absolute atomic E-state index is 0.0945. The van der Waals surface area contributed by atoms with Crippen LogP contribution in [-0.4, -0.2) is 17.4 Å². The number of carbonyl (C=O) groups excluding carboxylic acids is 1. The summed E-state index contributed by atoms with van der Waals surface area (Å²) in [5, 5.41) is 3.83. The second kappa shape index (κ2) is 5.17. The van der Waals surface area contributed by atoms with Gasteiger partial charge in [-0.25, -0.2) is 0 Å². The normalized spacial score (nSPS) is 11.7. The van der Waals surface area contributed by atoms with Crippen molar-refractivity contribution < 1.29 is 4.79 Å². The Kier molecular flexibility index (Phi) is 3.75. The number of carbonyl (C=O) groups is 1. The van der Waals surface area contributed by atoms with Crippen molar-refractivity contribution in [2.24, 2.45) is 5.41 Å². The van der Waals surface area contributed by atoms with Gasteiger partial charge in [-0.2, -0.15) is 0 Å². The molecule has 0 aliphatic rings. The Morgan fingerprint density at radius 2 is 2.21 bits per heavy atom. The zero-order chi connectivity index (χ0) is 14.0. The van der Waals surface area contributed by atoms with Gasteiger partial charge in [-0.1, -0.05) is 20.8 Å². The first-order valence-corrected chi connectivity index (χ1v) is 7.10. The largest absolute Gasteiger partial charge is 0.397 e. The van der Waals surface area contributed by atoms with Crippen molar-refractivity contribution in [1.82, 2.24) is 10.3 Å². The molecule has 0 radical (unpaired) electrons. The van der Waals surface area contributed by atoms with Gasteiger partial charge in [0.1, 0.15) is 4.88 Å². The van der Waals surface area contributed by atoms with Gasteiger partial charge in [0.2, 0.25) is 0 Å². The SMILES string of the molecule is CC(C)(C)CCNC(=O)c1sc2cnccc2c1N. The molecule has 0 unspecified atom stereocenters. The Labute approximate surface area is 117 Å². The Balaban J connectivity index is 2.11. The fourth-order valence-electron chi connectivity index (χ4n) is 1.77. The smallest absolute Gasteiger partial charge is 0.263 e. The lowest BCUT2D eigenvalue weighted by Gasteiger charge is -2.17. The van der Waals surface area contributed by atoms with E-state index in [9.17, 15) is 4.79 Å². The van der Waals surface area contributed by atoms with Gasteiger partial charge in [0, 0.05) is 24.3 Å². The summed E-state index contributed by atoms with van der Waals surface area (Å²) in [5.41, 5.74) is 6.78. The average molecular weight is 277 g/mol. The molecular weight excluding hydrogens is 258 g/mol. The zero-order valence-electron chi connectivity index (χ0n) is 11.5. The predicted molar refractivity (Wildman–Crippen MR) is 80.4 cm³/mol. The number of amides is 1. The van der Waals surface area contributed by atoms with Gasteiger partial charge >= 0.3 is 0 Å². The second-order valence-corrected chi connectivity index (χ2v) is 6.84. The van der Waals surface area contributed by atoms with Gasteiger partial charge < -0.3 is 11.1 Å². The standard InChI is InChI=1S/C14H19N3OS/c1-14(2,3)5-7-17-13(18)12-11(15)9-4-6-16-8-10(9)19-12/h4,6,8H,5,7,15H2,1-3H3,(H,17,18). The summed E-state index contributed by atoms with van der Waals surface area (Å²) in [5.74, 6) is -0.0945. The van der Waals surface area contributed by atoms with E-state index in [-0.39, 0.29) is 11.3 Å². The van der Waals surface area contributed by atoms with E-state index in [0.717, 1.165) is 16.5 Å². The summed E-state index contributed by atoms with van der Waals surface area (Å²) < 4.78 is 0.945. The molecule has 4 nitrogen and oxygen atoms in total. The third kappa shape index (κ3) is 3.23. The van der Waals surface area contributed by atoms with Crippen LogP contribution >= 0.6 is 11.3 Å². The fraction of sp³-hybridized carbons (Fsp3) is 0.429. The summed E-state index contributed by atoms with van der Waals surface area (Å²) in [6.07, 6.45) is 4.36. The minimum atomic E-state index is -0.0945. The number of anilines is 1. The molecule has 19 heavy (non-hydrogen) atoms. The number of hydrogen-bond donors (Lipinski definition) is 2. The van der Waals surface area contributed by atoms with Crippen molar-refractivity contribution in [3.63, 3.8) is 0 Å². The van der Waals surface area contributed by atoms with Crippen molar-refractivity contribution in [3.05, 3.63) is 23.3 Å². The van der Waals surface area contributed by atoms with Crippen LogP contribution < -0.4 is 11.1 Å². The van der Waals surface area contributed by atoms with Gasteiger partial charge in [-0.15, -0.1) is 11.3 Å². The molecule has 2 aromatic rings. The first-order valence-electron chi connectivity index (χ1n) is 6.29. The molecule has 2 rings (SSSR count). The number of nitrogens with one attached hydrogen (secondary N) is 1. The highest BCUT2D eigenvalue weighted by Crippen LogP contribution is 2.32. The van der Waals surface area contributed by atoms with Crippen LogP contribution in [0.5, 0.6) is 0 Å². The van der Waals surface area contributed by atoms with Gasteiger partial charge in [0.15, 0.2) is 0 Å². The van der Waals surface area contributed by atoms with E-state index in [0.29, 0.717) is 17.1 Å². The Bertz CT molecular complexity index is 598. The molecule has 0 fully saturated rings. The summed E-state index contributed by atoms with van der Waals surface area (Å²) >= 11 is 1.39.